The molecule has 1 N–H and O–H groups in total. The molecule has 0 aromatic heterocycles. The van der Waals surface area contributed by atoms with Crippen LogP contribution in [0.3, 0.4) is 0 Å². The summed E-state index contributed by atoms with van der Waals surface area (Å²) in [6.45, 7) is 3.07. The fourth-order valence-electron chi connectivity index (χ4n) is 2.53. The van der Waals surface area contributed by atoms with E-state index in [2.05, 4.69) is 12.2 Å². The minimum Gasteiger partial charge on any atom is -0.308 e. The topological polar surface area (TPSA) is 12.0 Å². The third kappa shape index (κ3) is 2.24. The number of alkyl halides is 2. The summed E-state index contributed by atoms with van der Waals surface area (Å²) in [7, 11) is 0. The average molecular weight is 225 g/mol. The van der Waals surface area contributed by atoms with E-state index in [1.165, 1.54) is 0 Å². The maximum Gasteiger partial charge on any atom is 0.242 e. The van der Waals surface area contributed by atoms with Crippen molar-refractivity contribution in [3.05, 3.63) is 35.4 Å². The van der Waals surface area contributed by atoms with Crippen LogP contribution in [0.4, 0.5) is 8.78 Å². The van der Waals surface area contributed by atoms with Crippen molar-refractivity contribution in [1.82, 2.24) is 5.32 Å². The molecule has 1 aromatic carbocycles. The highest BCUT2D eigenvalue weighted by Crippen LogP contribution is 2.33. The minimum absolute atomic E-state index is 0.120. The highest BCUT2D eigenvalue weighted by atomic mass is 19.3. The van der Waals surface area contributed by atoms with Gasteiger partial charge in [0.2, 0.25) is 6.43 Å². The third-order valence-corrected chi connectivity index (χ3v) is 3.35. The average Bonchev–Trinajstić information content (AvgIpc) is 2.66. The van der Waals surface area contributed by atoms with Crippen molar-refractivity contribution in [1.29, 1.82) is 0 Å². The van der Waals surface area contributed by atoms with Crippen LogP contribution in [-0.2, 0) is 12.0 Å². The number of hydrogen-bond acceptors (Lipinski definition) is 1. The Kier molecular flexibility index (Phi) is 3.24. The van der Waals surface area contributed by atoms with Gasteiger partial charge < -0.3 is 5.32 Å². The summed E-state index contributed by atoms with van der Waals surface area (Å²) < 4.78 is 25.0. The van der Waals surface area contributed by atoms with Crippen molar-refractivity contribution in [2.24, 2.45) is 0 Å². The van der Waals surface area contributed by atoms with Crippen LogP contribution in [0.1, 0.15) is 30.9 Å². The molecule has 0 amide bonds. The summed E-state index contributed by atoms with van der Waals surface area (Å²) in [5.74, 6) is 0. The fourth-order valence-corrected chi connectivity index (χ4v) is 2.53. The lowest BCUT2D eigenvalue weighted by Crippen LogP contribution is -2.34. The summed E-state index contributed by atoms with van der Waals surface area (Å²) in [6, 6.07) is 7.54. The van der Waals surface area contributed by atoms with Crippen LogP contribution in [0.2, 0.25) is 0 Å². The number of rotatable bonds is 3. The Labute approximate surface area is 94.9 Å². The molecule has 1 aliphatic heterocycles. The van der Waals surface area contributed by atoms with Crippen LogP contribution in [0.25, 0.3) is 0 Å². The smallest absolute Gasteiger partial charge is 0.242 e. The quantitative estimate of drug-likeness (QED) is 0.833. The zero-order valence-electron chi connectivity index (χ0n) is 9.47. The molecule has 0 aliphatic carbocycles. The van der Waals surface area contributed by atoms with Gasteiger partial charge in [0.25, 0.3) is 0 Å². The Morgan fingerprint density at radius 3 is 2.75 bits per heavy atom. The first kappa shape index (κ1) is 11.5. The maximum absolute atomic E-state index is 12.5. The molecule has 16 heavy (non-hydrogen) atoms. The van der Waals surface area contributed by atoms with Gasteiger partial charge in [-0.15, -0.1) is 0 Å². The second-order valence-electron chi connectivity index (χ2n) is 4.61. The van der Waals surface area contributed by atoms with Crippen LogP contribution in [0.5, 0.6) is 0 Å². The normalized spacial score (nSPS) is 25.2. The molecule has 1 aromatic rings. The van der Waals surface area contributed by atoms with E-state index in [0.717, 1.165) is 30.5 Å². The second-order valence-corrected chi connectivity index (χ2v) is 4.61. The molecule has 1 heterocycles. The van der Waals surface area contributed by atoms with Crippen LogP contribution < -0.4 is 5.32 Å². The van der Waals surface area contributed by atoms with E-state index >= 15 is 0 Å². The molecule has 1 unspecified atom stereocenters. The highest BCUT2D eigenvalue weighted by Gasteiger charge is 2.31. The largest absolute Gasteiger partial charge is 0.308 e. The predicted molar refractivity (Wildman–Crippen MR) is 60.7 cm³/mol. The summed E-state index contributed by atoms with van der Waals surface area (Å²) in [4.78, 5) is 0. The molecule has 1 fully saturated rings. The van der Waals surface area contributed by atoms with E-state index in [4.69, 9.17) is 0 Å². The second kappa shape index (κ2) is 4.50. The standard InChI is InChI=1S/C13H17F2N/c1-13(7-4-8-16-13)11-6-3-2-5-10(11)9-12(14)15/h2-3,5-6,12,16H,4,7-9H2,1H3. The van der Waals surface area contributed by atoms with Crippen LogP contribution in [0.15, 0.2) is 24.3 Å². The fraction of sp³-hybridized carbons (Fsp3) is 0.538. The Bertz CT molecular complexity index is 357. The molecule has 0 saturated carbocycles. The van der Waals surface area contributed by atoms with E-state index in [1.807, 2.05) is 24.3 Å². The minimum atomic E-state index is -2.27. The van der Waals surface area contributed by atoms with Crippen LogP contribution in [-0.4, -0.2) is 13.0 Å². The lowest BCUT2D eigenvalue weighted by atomic mass is 9.86. The molecular formula is C13H17F2N. The van der Waals surface area contributed by atoms with Gasteiger partial charge in [-0.1, -0.05) is 24.3 Å². The molecule has 1 atom stereocenters. The van der Waals surface area contributed by atoms with Crippen molar-refractivity contribution in [3.63, 3.8) is 0 Å². The van der Waals surface area contributed by atoms with E-state index in [9.17, 15) is 8.78 Å². The van der Waals surface area contributed by atoms with Gasteiger partial charge in [0.05, 0.1) is 0 Å². The number of hydrogen-bond donors (Lipinski definition) is 1. The molecule has 3 heteroatoms. The molecule has 1 aliphatic rings. The van der Waals surface area contributed by atoms with E-state index in [1.54, 1.807) is 0 Å². The van der Waals surface area contributed by atoms with Crippen molar-refractivity contribution < 1.29 is 8.78 Å². The molecule has 1 saturated heterocycles. The van der Waals surface area contributed by atoms with Gasteiger partial charge >= 0.3 is 0 Å². The molecule has 0 bridgehead atoms. The Hall–Kier alpha value is -0.960. The molecule has 88 valence electrons. The summed E-state index contributed by atoms with van der Waals surface area (Å²) in [5, 5.41) is 3.42. The first-order valence-corrected chi connectivity index (χ1v) is 5.73. The first-order valence-electron chi connectivity index (χ1n) is 5.73. The number of benzene rings is 1. The summed E-state index contributed by atoms with van der Waals surface area (Å²) in [6.07, 6.45) is -0.286. The number of halogens is 2. The van der Waals surface area contributed by atoms with Gasteiger partial charge in [0.15, 0.2) is 0 Å². The Balaban J connectivity index is 2.32. The molecular weight excluding hydrogens is 208 g/mol. The SMILES string of the molecule is CC1(c2ccccc2CC(F)F)CCCN1. The lowest BCUT2D eigenvalue weighted by Gasteiger charge is -2.27. The van der Waals surface area contributed by atoms with E-state index in [-0.39, 0.29) is 12.0 Å². The maximum atomic E-state index is 12.5. The summed E-state index contributed by atoms with van der Waals surface area (Å²) in [5.41, 5.74) is 1.69. The zero-order chi connectivity index (χ0) is 11.6. The van der Waals surface area contributed by atoms with Gasteiger partial charge in [-0.25, -0.2) is 8.78 Å². The number of nitrogens with one attached hydrogen (secondary N) is 1. The van der Waals surface area contributed by atoms with Crippen LogP contribution in [0, 0.1) is 0 Å². The highest BCUT2D eigenvalue weighted by molar-refractivity contribution is 5.34. The van der Waals surface area contributed by atoms with Crippen molar-refractivity contribution in [2.75, 3.05) is 6.54 Å². The molecule has 2 rings (SSSR count). The van der Waals surface area contributed by atoms with E-state index < -0.39 is 6.43 Å². The first-order chi connectivity index (χ1) is 7.62. The Morgan fingerprint density at radius 1 is 1.38 bits per heavy atom. The van der Waals surface area contributed by atoms with Gasteiger partial charge in [-0.3, -0.25) is 0 Å². The van der Waals surface area contributed by atoms with Crippen molar-refractivity contribution >= 4 is 0 Å². The zero-order valence-corrected chi connectivity index (χ0v) is 9.47. The molecule has 1 nitrogen and oxygen atoms in total. The van der Waals surface area contributed by atoms with E-state index in [0.29, 0.717) is 0 Å². The molecule has 0 radical (unpaired) electrons. The van der Waals surface area contributed by atoms with Crippen molar-refractivity contribution in [2.45, 2.75) is 38.2 Å². The third-order valence-electron chi connectivity index (χ3n) is 3.35. The predicted octanol–water partition coefficient (Wildman–Crippen LogP) is 3.09. The van der Waals surface area contributed by atoms with Gasteiger partial charge in [-0.05, 0) is 37.4 Å². The van der Waals surface area contributed by atoms with Gasteiger partial charge in [0, 0.05) is 12.0 Å². The monoisotopic (exact) mass is 225 g/mol. The summed E-state index contributed by atoms with van der Waals surface area (Å²) >= 11 is 0. The molecule has 0 spiro atoms. The Morgan fingerprint density at radius 2 is 2.12 bits per heavy atom. The van der Waals surface area contributed by atoms with Gasteiger partial charge in [0.1, 0.15) is 0 Å². The van der Waals surface area contributed by atoms with Crippen molar-refractivity contribution in [3.8, 4) is 0 Å². The van der Waals surface area contributed by atoms with Crippen LogP contribution >= 0.6 is 0 Å². The lowest BCUT2D eigenvalue weighted by molar-refractivity contribution is 0.148. The van der Waals surface area contributed by atoms with Gasteiger partial charge in [-0.2, -0.15) is 0 Å².